The van der Waals surface area contributed by atoms with Gasteiger partial charge in [0.15, 0.2) is 24.8 Å². The van der Waals surface area contributed by atoms with Crippen molar-refractivity contribution in [2.75, 3.05) is 13.2 Å². The van der Waals surface area contributed by atoms with Gasteiger partial charge < -0.3 is 85.0 Å². The van der Waals surface area contributed by atoms with Crippen molar-refractivity contribution in [1.82, 2.24) is 0 Å². The molecule has 3 aliphatic heterocycles. The highest BCUT2D eigenvalue weighted by atomic mass is 16.7. The molecule has 44 heavy (non-hydrogen) atoms. The molecule has 17 heteroatoms. The molecule has 0 aromatic carbocycles. The Balaban J connectivity index is 1.30. The average molecular weight is 644 g/mol. The summed E-state index contributed by atoms with van der Waals surface area (Å²) in [5.41, 5.74) is 0. The maximum Gasteiger partial charge on any atom is 0.187 e. The van der Waals surface area contributed by atoms with E-state index in [4.69, 9.17) is 23.7 Å². The minimum atomic E-state index is -1.78. The van der Waals surface area contributed by atoms with Gasteiger partial charge in [-0.25, -0.2) is 0 Å². The summed E-state index contributed by atoms with van der Waals surface area (Å²) in [7, 11) is 0. The standard InChI is InChI=1S/C27H46O17/c28-6-16-19(34)21(36)23(38)26(43-16)40-7-17-20(35)22(37)24(39)27(44-17)42-15-5-10-11(30)3-9(29)4-14(10)41-25(15)8-1-12(31)18(33)13(32)2-8/h8-39H,1-7H2/p+1/t8?,9?,10?,11?,12?,13?,14?,15?,16-,17-,18?,19-,20-,21+,22+,23-,24-,25?,26+,27+/m1/s1. The van der Waals surface area contributed by atoms with Gasteiger partial charge in [0.25, 0.3) is 0 Å². The highest BCUT2D eigenvalue weighted by Crippen LogP contribution is 2.42. The first-order valence-corrected chi connectivity index (χ1v) is 15.2. The Labute approximate surface area is 252 Å². The van der Waals surface area contributed by atoms with Crippen LogP contribution in [0.5, 0.6) is 0 Å². The fourth-order valence-corrected chi connectivity index (χ4v) is 7.30. The third-order valence-corrected chi connectivity index (χ3v) is 9.88. The van der Waals surface area contributed by atoms with E-state index >= 15 is 0 Å². The van der Waals surface area contributed by atoms with E-state index < -0.39 is 135 Å². The largest absolute Gasteiger partial charge is 0.427 e. The van der Waals surface area contributed by atoms with Crippen LogP contribution in [0.1, 0.15) is 32.1 Å². The van der Waals surface area contributed by atoms with E-state index in [0.717, 1.165) is 0 Å². The number of hydrogen-bond acceptors (Lipinski definition) is 16. The zero-order valence-corrected chi connectivity index (χ0v) is 23.9. The molecule has 0 aromatic rings. The van der Waals surface area contributed by atoms with Crippen LogP contribution in [0.2, 0.25) is 0 Å². The molecular weight excluding hydrogens is 596 g/mol. The molecule has 3 heterocycles. The Bertz CT molecular complexity index is 917. The lowest BCUT2D eigenvalue weighted by Crippen LogP contribution is -2.64. The summed E-state index contributed by atoms with van der Waals surface area (Å²) < 4.78 is 27.6. The second kappa shape index (κ2) is 14.2. The van der Waals surface area contributed by atoms with Crippen LogP contribution in [0.15, 0.2) is 0 Å². The molecule has 3 saturated heterocycles. The monoisotopic (exact) mass is 643 g/mol. The molecule has 17 nitrogen and oxygen atoms in total. The molecule has 13 N–H and O–H groups in total. The third-order valence-electron chi connectivity index (χ3n) is 9.88. The van der Waals surface area contributed by atoms with Crippen LogP contribution < -0.4 is 0 Å². The predicted molar refractivity (Wildman–Crippen MR) is 141 cm³/mol. The first kappa shape index (κ1) is 34.6. The molecule has 0 amide bonds. The summed E-state index contributed by atoms with van der Waals surface area (Å²) >= 11 is 0. The van der Waals surface area contributed by atoms with E-state index in [9.17, 15) is 61.3 Å². The molecule has 5 fully saturated rings. The lowest BCUT2D eigenvalue weighted by atomic mass is 9.72. The van der Waals surface area contributed by atoms with Crippen molar-refractivity contribution in [3.05, 3.63) is 0 Å². The number of fused-ring (bicyclic) bond motifs is 1. The second-order valence-electron chi connectivity index (χ2n) is 12.9. The van der Waals surface area contributed by atoms with Crippen LogP contribution in [0.4, 0.5) is 0 Å². The van der Waals surface area contributed by atoms with Gasteiger partial charge in [-0.15, -0.1) is 0 Å². The van der Waals surface area contributed by atoms with E-state index in [1.165, 1.54) is 0 Å². The molecule has 8 unspecified atom stereocenters. The minimum Gasteiger partial charge on any atom is -0.427 e. The van der Waals surface area contributed by atoms with Gasteiger partial charge in [-0.05, 0) is 19.3 Å². The second-order valence-corrected chi connectivity index (χ2v) is 12.9. The van der Waals surface area contributed by atoms with Crippen LogP contribution in [0, 0.1) is 11.8 Å². The van der Waals surface area contributed by atoms with Crippen molar-refractivity contribution >= 4 is 0 Å². The van der Waals surface area contributed by atoms with Gasteiger partial charge in [0.05, 0.1) is 43.5 Å². The SMILES string of the molecule is OC[C@H]1O[C@H](OC[C@H]2O[C@H](OC3CC4C(O)CC(O)CC4[OH+]C3C3CC(O)C(O)C(O)C3)[C@H](O)[C@@H](O)[C@@H]2O)[C@H](O)[C@@H](O)[C@@H]1O. The van der Waals surface area contributed by atoms with Gasteiger partial charge in [0.1, 0.15) is 61.0 Å². The molecular formula is C27H47O17+. The zero-order valence-electron chi connectivity index (χ0n) is 23.9. The first-order valence-electron chi connectivity index (χ1n) is 15.2. The summed E-state index contributed by atoms with van der Waals surface area (Å²) in [6, 6.07) is 0. The maximum absolute atomic E-state index is 10.8. The molecule has 0 radical (unpaired) electrons. The smallest absolute Gasteiger partial charge is 0.187 e. The molecule has 256 valence electrons. The molecule has 5 aliphatic rings. The molecule has 2 saturated carbocycles. The van der Waals surface area contributed by atoms with Crippen LogP contribution in [0.25, 0.3) is 0 Å². The van der Waals surface area contributed by atoms with Crippen molar-refractivity contribution in [2.24, 2.45) is 11.8 Å². The van der Waals surface area contributed by atoms with Crippen LogP contribution >= 0.6 is 0 Å². The van der Waals surface area contributed by atoms with Crippen molar-refractivity contribution in [3.8, 4) is 0 Å². The van der Waals surface area contributed by atoms with Crippen molar-refractivity contribution in [3.63, 3.8) is 0 Å². The van der Waals surface area contributed by atoms with Gasteiger partial charge in [-0.2, -0.15) is 0 Å². The Kier molecular flexibility index (Phi) is 11.2. The van der Waals surface area contributed by atoms with E-state index in [0.29, 0.717) is 0 Å². The van der Waals surface area contributed by atoms with E-state index in [2.05, 4.69) is 0 Å². The average Bonchev–Trinajstić information content (AvgIpc) is 2.98. The van der Waals surface area contributed by atoms with Crippen LogP contribution in [0.3, 0.4) is 0 Å². The molecule has 0 bridgehead atoms. The quantitative estimate of drug-likeness (QED) is 0.115. The summed E-state index contributed by atoms with van der Waals surface area (Å²) in [5.74, 6) is -0.919. The van der Waals surface area contributed by atoms with Crippen molar-refractivity contribution in [1.29, 1.82) is 0 Å². The fourth-order valence-electron chi connectivity index (χ4n) is 7.30. The van der Waals surface area contributed by atoms with Gasteiger partial charge in [0, 0.05) is 18.8 Å². The van der Waals surface area contributed by atoms with E-state index in [1.807, 2.05) is 0 Å². The van der Waals surface area contributed by atoms with Gasteiger partial charge in [-0.3, -0.25) is 0 Å². The van der Waals surface area contributed by atoms with Gasteiger partial charge in [-0.1, -0.05) is 0 Å². The van der Waals surface area contributed by atoms with E-state index in [1.54, 1.807) is 0 Å². The minimum absolute atomic E-state index is 0.0692. The normalized spacial score (nSPS) is 55.4. The van der Waals surface area contributed by atoms with Crippen LogP contribution in [-0.2, 0) is 18.9 Å². The summed E-state index contributed by atoms with van der Waals surface area (Å²) in [6.45, 7) is -1.24. The number of hydrogen-bond donors (Lipinski definition) is 12. The van der Waals surface area contributed by atoms with Crippen molar-refractivity contribution in [2.45, 2.75) is 142 Å². The maximum atomic E-state index is 10.8. The summed E-state index contributed by atoms with van der Waals surface area (Å²) in [5, 5.41) is 124. The van der Waals surface area contributed by atoms with E-state index in [-0.39, 0.29) is 32.1 Å². The summed E-state index contributed by atoms with van der Waals surface area (Å²) in [6.07, 6.45) is -22.8. The highest BCUT2D eigenvalue weighted by Gasteiger charge is 2.56. The lowest BCUT2D eigenvalue weighted by Gasteiger charge is -2.49. The topological polar surface area (TPSA) is 292 Å². The molecule has 0 aromatic heterocycles. The fraction of sp³-hybridized carbons (Fsp3) is 1.00. The Morgan fingerprint density at radius 3 is 1.82 bits per heavy atom. The number of ether oxygens (including phenoxy) is 5. The number of rotatable bonds is 7. The third kappa shape index (κ3) is 6.95. The van der Waals surface area contributed by atoms with Gasteiger partial charge >= 0.3 is 0 Å². The lowest BCUT2D eigenvalue weighted by molar-refractivity contribution is -0.363. The summed E-state index contributed by atoms with van der Waals surface area (Å²) in [4.78, 5) is 0. The molecule has 5 rings (SSSR count). The zero-order chi connectivity index (χ0) is 32.0. The Morgan fingerprint density at radius 1 is 0.591 bits per heavy atom. The predicted octanol–water partition coefficient (Wildman–Crippen LogP) is -6.71. The molecule has 0 spiro atoms. The van der Waals surface area contributed by atoms with Crippen molar-refractivity contribution < 1.29 is 85.0 Å². The number of aliphatic hydroxyl groups is 14. The molecule has 18 atom stereocenters. The van der Waals surface area contributed by atoms with Gasteiger partial charge in [0.2, 0.25) is 0 Å². The first-order chi connectivity index (χ1) is 20.8. The number of aliphatic hydroxyl groups excluding tert-OH is 12. The molecule has 2 aliphatic carbocycles. The van der Waals surface area contributed by atoms with Crippen LogP contribution in [-0.4, -0.2) is 189 Å². The Morgan fingerprint density at radius 2 is 1.18 bits per heavy atom. The Hall–Kier alpha value is -0.680. The highest BCUT2D eigenvalue weighted by molar-refractivity contribution is 4.99.